The number of piperazine rings is 1. The van der Waals surface area contributed by atoms with Gasteiger partial charge in [-0.1, -0.05) is 13.0 Å². The zero-order chi connectivity index (χ0) is 26.1. The molecule has 1 aromatic carbocycles. The Kier molecular flexibility index (Phi) is 7.12. The van der Waals surface area contributed by atoms with E-state index < -0.39 is 11.6 Å². The zero-order valence-electron chi connectivity index (χ0n) is 21.6. The molecule has 0 radical (unpaired) electrons. The van der Waals surface area contributed by atoms with Crippen molar-refractivity contribution in [3.63, 3.8) is 0 Å². The summed E-state index contributed by atoms with van der Waals surface area (Å²) >= 11 is 0. The maximum absolute atomic E-state index is 15.0. The van der Waals surface area contributed by atoms with E-state index in [0.717, 1.165) is 44.4 Å². The van der Waals surface area contributed by atoms with Crippen molar-refractivity contribution in [1.29, 1.82) is 0 Å². The molecule has 4 aromatic rings. The smallest absolute Gasteiger partial charge is 0.229 e. The van der Waals surface area contributed by atoms with Gasteiger partial charge >= 0.3 is 0 Å². The zero-order valence-corrected chi connectivity index (χ0v) is 21.6. The van der Waals surface area contributed by atoms with Gasteiger partial charge in [-0.3, -0.25) is 4.90 Å². The molecular weight excluding hydrogens is 474 g/mol. The first-order valence-corrected chi connectivity index (χ1v) is 12.7. The van der Waals surface area contributed by atoms with E-state index in [2.05, 4.69) is 48.5 Å². The average Bonchev–Trinajstić information content (AvgIpc) is 3.24. The number of rotatable bonds is 7. The molecule has 0 aliphatic carbocycles. The first-order chi connectivity index (χ1) is 17.9. The number of hydrogen-bond donors (Lipinski definition) is 2. The van der Waals surface area contributed by atoms with Gasteiger partial charge in [0.25, 0.3) is 0 Å². The Balaban J connectivity index is 1.42. The minimum atomic E-state index is -0.637. The highest BCUT2D eigenvalue weighted by molar-refractivity contribution is 5.83. The number of anilines is 2. The summed E-state index contributed by atoms with van der Waals surface area (Å²) in [5.74, 6) is 0.270. The fraction of sp³-hybridized carbons (Fsp3) is 0.407. The molecule has 1 aliphatic heterocycles. The summed E-state index contributed by atoms with van der Waals surface area (Å²) in [5.41, 5.74) is 2.34. The van der Waals surface area contributed by atoms with Crippen molar-refractivity contribution >= 4 is 22.8 Å². The number of fused-ring (bicyclic) bond motifs is 1. The molecule has 0 spiro atoms. The van der Waals surface area contributed by atoms with Crippen molar-refractivity contribution in [3.8, 4) is 11.3 Å². The van der Waals surface area contributed by atoms with Crippen molar-refractivity contribution in [3.05, 3.63) is 59.7 Å². The summed E-state index contributed by atoms with van der Waals surface area (Å²) in [6.45, 7) is 12.0. The average molecular weight is 507 g/mol. The number of hydrogen-bond acceptors (Lipinski definition) is 7. The van der Waals surface area contributed by atoms with Gasteiger partial charge in [0.15, 0.2) is 11.6 Å². The number of pyridine rings is 1. The predicted molar refractivity (Wildman–Crippen MR) is 141 cm³/mol. The summed E-state index contributed by atoms with van der Waals surface area (Å²) in [5, 5.41) is 6.44. The number of nitrogens with one attached hydrogen (secondary N) is 2. The van der Waals surface area contributed by atoms with Crippen LogP contribution in [0.1, 0.15) is 50.7 Å². The molecule has 4 heterocycles. The molecule has 194 valence electrons. The number of imidazole rings is 1. The summed E-state index contributed by atoms with van der Waals surface area (Å²) in [4.78, 5) is 19.8. The summed E-state index contributed by atoms with van der Waals surface area (Å²) < 4.78 is 31.7. The van der Waals surface area contributed by atoms with E-state index >= 15 is 0 Å². The lowest BCUT2D eigenvalue weighted by Gasteiger charge is -2.34. The minimum Gasteiger partial charge on any atom is -0.326 e. The Morgan fingerprint density at radius 2 is 1.81 bits per heavy atom. The molecule has 0 amide bonds. The van der Waals surface area contributed by atoms with Crippen LogP contribution < -0.4 is 10.6 Å². The third kappa shape index (κ3) is 5.03. The molecule has 3 aromatic heterocycles. The Morgan fingerprint density at radius 1 is 1.03 bits per heavy atom. The van der Waals surface area contributed by atoms with Gasteiger partial charge in [-0.25, -0.2) is 28.7 Å². The second-order valence-electron chi connectivity index (χ2n) is 9.65. The maximum Gasteiger partial charge on any atom is 0.229 e. The lowest BCUT2D eigenvalue weighted by atomic mass is 10.0. The lowest BCUT2D eigenvalue weighted by molar-refractivity contribution is 0.169. The fourth-order valence-corrected chi connectivity index (χ4v) is 5.18. The van der Waals surface area contributed by atoms with Crippen LogP contribution in [0.25, 0.3) is 22.3 Å². The van der Waals surface area contributed by atoms with Gasteiger partial charge in [0, 0.05) is 50.0 Å². The van der Waals surface area contributed by atoms with E-state index in [4.69, 9.17) is 0 Å². The topological polar surface area (TPSA) is 83.8 Å². The van der Waals surface area contributed by atoms with Crippen LogP contribution in [0.5, 0.6) is 0 Å². The monoisotopic (exact) mass is 506 g/mol. The highest BCUT2D eigenvalue weighted by atomic mass is 19.1. The molecule has 1 atom stereocenters. The van der Waals surface area contributed by atoms with Crippen LogP contribution in [-0.4, -0.2) is 55.6 Å². The largest absolute Gasteiger partial charge is 0.326 e. The van der Waals surface area contributed by atoms with Crippen LogP contribution in [0, 0.1) is 18.6 Å². The van der Waals surface area contributed by atoms with Crippen molar-refractivity contribution in [2.45, 2.75) is 46.2 Å². The van der Waals surface area contributed by atoms with Gasteiger partial charge in [-0.05, 0) is 51.0 Å². The number of nitrogens with zero attached hydrogens (tertiary/aromatic N) is 6. The van der Waals surface area contributed by atoms with E-state index in [1.165, 1.54) is 6.07 Å². The maximum atomic E-state index is 15.0. The molecule has 1 saturated heterocycles. The highest BCUT2D eigenvalue weighted by Crippen LogP contribution is 2.31. The lowest BCUT2D eigenvalue weighted by Crippen LogP contribution is -2.45. The first-order valence-electron chi connectivity index (χ1n) is 12.7. The molecule has 1 aliphatic rings. The van der Waals surface area contributed by atoms with Gasteiger partial charge in [-0.15, -0.1) is 0 Å². The third-order valence-corrected chi connectivity index (χ3v) is 6.85. The van der Waals surface area contributed by atoms with Crippen LogP contribution in [0.2, 0.25) is 0 Å². The van der Waals surface area contributed by atoms with E-state index in [-0.39, 0.29) is 23.2 Å². The Bertz CT molecular complexity index is 1390. The van der Waals surface area contributed by atoms with Crippen molar-refractivity contribution in [2.24, 2.45) is 0 Å². The Labute approximate surface area is 215 Å². The van der Waals surface area contributed by atoms with Crippen molar-refractivity contribution < 1.29 is 8.78 Å². The molecule has 0 unspecified atom stereocenters. The second-order valence-corrected chi connectivity index (χ2v) is 9.65. The van der Waals surface area contributed by atoms with Crippen LogP contribution in [-0.2, 0) is 0 Å². The van der Waals surface area contributed by atoms with E-state index in [9.17, 15) is 8.78 Å². The van der Waals surface area contributed by atoms with Gasteiger partial charge in [0.2, 0.25) is 5.95 Å². The van der Waals surface area contributed by atoms with Gasteiger partial charge in [0.05, 0.1) is 11.7 Å². The van der Waals surface area contributed by atoms with E-state index in [0.29, 0.717) is 28.8 Å². The van der Waals surface area contributed by atoms with E-state index in [1.807, 2.05) is 37.6 Å². The fourth-order valence-electron chi connectivity index (χ4n) is 5.18. The molecule has 1 fully saturated rings. The van der Waals surface area contributed by atoms with Crippen LogP contribution >= 0.6 is 0 Å². The first kappa shape index (κ1) is 25.2. The third-order valence-electron chi connectivity index (χ3n) is 6.85. The minimum absolute atomic E-state index is 0.00818. The number of halogens is 2. The van der Waals surface area contributed by atoms with Gasteiger partial charge < -0.3 is 15.2 Å². The number of aromatic nitrogens is 5. The molecule has 0 bridgehead atoms. The molecule has 0 saturated carbocycles. The standard InChI is InChI=1S/C27H32F2N8/c1-5-22(36-10-8-30-9-11-36)18-6-7-24(31-14-18)34-27-32-15-21(29)25(35-27)19-12-20(28)26-23(13-19)37(16(2)3)17(4)33-26/h6-7,12-16,22,30H,5,8-11H2,1-4H3,(H,31,32,34,35)/t22-/m1/s1. The SMILES string of the molecule is CC[C@H](c1ccc(Nc2ncc(F)c(-c3cc(F)c4nc(C)n(C(C)C)c4c3)n2)nc1)N1CCNCC1. The summed E-state index contributed by atoms with van der Waals surface area (Å²) in [7, 11) is 0. The Morgan fingerprint density at radius 3 is 2.49 bits per heavy atom. The van der Waals surface area contributed by atoms with Crippen molar-refractivity contribution in [1.82, 2.24) is 34.7 Å². The molecule has 8 nitrogen and oxygen atoms in total. The van der Waals surface area contributed by atoms with Gasteiger partial charge in [-0.2, -0.15) is 0 Å². The normalized spacial score (nSPS) is 15.4. The molecular formula is C27H32F2N8. The quantitative estimate of drug-likeness (QED) is 0.358. The highest BCUT2D eigenvalue weighted by Gasteiger charge is 2.21. The Hall–Kier alpha value is -3.50. The summed E-state index contributed by atoms with van der Waals surface area (Å²) in [6.07, 6.45) is 3.94. The van der Waals surface area contributed by atoms with Crippen LogP contribution in [0.4, 0.5) is 20.5 Å². The van der Waals surface area contributed by atoms with Crippen LogP contribution in [0.15, 0.2) is 36.7 Å². The summed E-state index contributed by atoms with van der Waals surface area (Å²) in [6, 6.07) is 7.30. The van der Waals surface area contributed by atoms with E-state index in [1.54, 1.807) is 6.07 Å². The molecule has 5 rings (SSSR count). The molecule has 2 N–H and O–H groups in total. The number of aryl methyl sites for hydroxylation is 1. The molecule has 37 heavy (non-hydrogen) atoms. The van der Waals surface area contributed by atoms with Gasteiger partial charge in [0.1, 0.15) is 22.9 Å². The molecule has 10 heteroatoms. The second kappa shape index (κ2) is 10.5. The number of benzene rings is 1. The van der Waals surface area contributed by atoms with Crippen LogP contribution in [0.3, 0.4) is 0 Å². The predicted octanol–water partition coefficient (Wildman–Crippen LogP) is 5.16. The van der Waals surface area contributed by atoms with Crippen molar-refractivity contribution in [2.75, 3.05) is 31.5 Å².